The number of ketones is 1. The highest BCUT2D eigenvalue weighted by molar-refractivity contribution is 5.98. The molecule has 0 aliphatic carbocycles. The summed E-state index contributed by atoms with van der Waals surface area (Å²) in [5.74, 6) is -0.0928. The second-order valence-electron chi connectivity index (χ2n) is 3.09. The molecule has 0 aliphatic heterocycles. The van der Waals surface area contributed by atoms with Crippen molar-refractivity contribution in [3.05, 3.63) is 23.8 Å². The maximum Gasteiger partial charge on any atom is 0.308 e. The van der Waals surface area contributed by atoms with Gasteiger partial charge in [0.1, 0.15) is 0 Å². The lowest BCUT2D eigenvalue weighted by Gasteiger charge is -2.09. The molecule has 0 bridgehead atoms. The van der Waals surface area contributed by atoms with E-state index in [1.54, 1.807) is 12.1 Å². The number of esters is 1. The minimum atomic E-state index is -0.476. The van der Waals surface area contributed by atoms with Crippen LogP contribution in [0.4, 0.5) is 0 Å². The summed E-state index contributed by atoms with van der Waals surface area (Å²) in [5.41, 5.74) is 5.63. The van der Waals surface area contributed by atoms with Gasteiger partial charge in [0, 0.05) is 12.5 Å². The molecule has 0 spiro atoms. The van der Waals surface area contributed by atoms with Gasteiger partial charge in [0.2, 0.25) is 0 Å². The van der Waals surface area contributed by atoms with E-state index in [0.717, 1.165) is 0 Å². The van der Waals surface area contributed by atoms with Gasteiger partial charge in [-0.25, -0.2) is 0 Å². The summed E-state index contributed by atoms with van der Waals surface area (Å²) in [6.07, 6.45) is 0. The monoisotopic (exact) mass is 223 g/mol. The summed E-state index contributed by atoms with van der Waals surface area (Å²) in [6.45, 7) is 1.18. The second kappa shape index (κ2) is 5.27. The molecule has 0 aliphatic rings. The molecule has 0 amide bonds. The topological polar surface area (TPSA) is 78.6 Å². The Balaban J connectivity index is 3.10. The summed E-state index contributed by atoms with van der Waals surface area (Å²) >= 11 is 0. The smallest absolute Gasteiger partial charge is 0.308 e. The highest BCUT2D eigenvalue weighted by Crippen LogP contribution is 2.28. The second-order valence-corrected chi connectivity index (χ2v) is 3.09. The van der Waals surface area contributed by atoms with Crippen molar-refractivity contribution in [3.63, 3.8) is 0 Å². The van der Waals surface area contributed by atoms with Crippen LogP contribution in [0.1, 0.15) is 17.3 Å². The molecule has 16 heavy (non-hydrogen) atoms. The van der Waals surface area contributed by atoms with Gasteiger partial charge in [0.15, 0.2) is 17.3 Å². The van der Waals surface area contributed by atoms with Crippen LogP contribution in [0.3, 0.4) is 0 Å². The van der Waals surface area contributed by atoms with Gasteiger partial charge >= 0.3 is 5.97 Å². The van der Waals surface area contributed by atoms with Gasteiger partial charge in [-0.3, -0.25) is 9.59 Å². The fourth-order valence-electron chi connectivity index (χ4n) is 1.20. The van der Waals surface area contributed by atoms with E-state index in [4.69, 9.17) is 15.2 Å². The molecule has 0 aromatic heterocycles. The number of rotatable bonds is 4. The third-order valence-corrected chi connectivity index (χ3v) is 1.92. The number of methoxy groups -OCH3 is 1. The number of carbonyl (C=O) groups excluding carboxylic acids is 2. The zero-order chi connectivity index (χ0) is 12.1. The van der Waals surface area contributed by atoms with Crippen molar-refractivity contribution in [1.29, 1.82) is 0 Å². The van der Waals surface area contributed by atoms with Gasteiger partial charge in [-0.05, 0) is 18.2 Å². The molecule has 0 radical (unpaired) electrons. The lowest BCUT2D eigenvalue weighted by Crippen LogP contribution is -2.14. The molecule has 5 heteroatoms. The SMILES string of the molecule is COc1ccc(C(=O)CN)cc1OC(C)=O. The Bertz CT molecular complexity index is 414. The van der Waals surface area contributed by atoms with Crippen LogP contribution in [-0.4, -0.2) is 25.4 Å². The summed E-state index contributed by atoms with van der Waals surface area (Å²) in [6, 6.07) is 4.57. The lowest BCUT2D eigenvalue weighted by molar-refractivity contribution is -0.132. The van der Waals surface area contributed by atoms with Crippen LogP contribution in [0.5, 0.6) is 11.5 Å². The Kier molecular flexibility index (Phi) is 4.02. The van der Waals surface area contributed by atoms with Crippen molar-refractivity contribution in [1.82, 2.24) is 0 Å². The standard InChI is InChI=1S/C11H13NO4/c1-7(13)16-11-5-8(9(14)6-12)3-4-10(11)15-2/h3-5H,6,12H2,1-2H3. The van der Waals surface area contributed by atoms with Crippen molar-refractivity contribution < 1.29 is 19.1 Å². The lowest BCUT2D eigenvalue weighted by atomic mass is 10.1. The van der Waals surface area contributed by atoms with Crippen molar-refractivity contribution in [2.24, 2.45) is 5.73 Å². The number of benzene rings is 1. The molecule has 2 N–H and O–H groups in total. The zero-order valence-electron chi connectivity index (χ0n) is 9.15. The number of ether oxygens (including phenoxy) is 2. The van der Waals surface area contributed by atoms with E-state index in [2.05, 4.69) is 0 Å². The molecule has 5 nitrogen and oxygen atoms in total. The highest BCUT2D eigenvalue weighted by Gasteiger charge is 2.11. The first kappa shape index (κ1) is 12.2. The van der Waals surface area contributed by atoms with E-state index in [1.807, 2.05) is 0 Å². The maximum absolute atomic E-state index is 11.3. The maximum atomic E-state index is 11.3. The Morgan fingerprint density at radius 3 is 2.50 bits per heavy atom. The van der Waals surface area contributed by atoms with E-state index in [0.29, 0.717) is 11.3 Å². The van der Waals surface area contributed by atoms with E-state index in [1.165, 1.54) is 20.1 Å². The predicted octanol–water partition coefficient (Wildman–Crippen LogP) is 0.762. The summed E-state index contributed by atoms with van der Waals surface area (Å²) < 4.78 is 9.91. The molecule has 0 atom stereocenters. The van der Waals surface area contributed by atoms with E-state index >= 15 is 0 Å². The van der Waals surface area contributed by atoms with Gasteiger partial charge in [-0.15, -0.1) is 0 Å². The quantitative estimate of drug-likeness (QED) is 0.463. The van der Waals surface area contributed by atoms with Crippen molar-refractivity contribution in [2.45, 2.75) is 6.92 Å². The molecule has 1 aromatic rings. The number of Topliss-reactive ketones (excluding diaryl/α,β-unsaturated/α-hetero) is 1. The molecule has 1 rings (SSSR count). The van der Waals surface area contributed by atoms with Crippen LogP contribution < -0.4 is 15.2 Å². The van der Waals surface area contributed by atoms with E-state index in [9.17, 15) is 9.59 Å². The first-order valence-electron chi connectivity index (χ1n) is 4.68. The average molecular weight is 223 g/mol. The Hall–Kier alpha value is -1.88. The van der Waals surface area contributed by atoms with Crippen LogP contribution in [0.15, 0.2) is 18.2 Å². The normalized spacial score (nSPS) is 9.69. The van der Waals surface area contributed by atoms with E-state index in [-0.39, 0.29) is 18.1 Å². The molecule has 0 saturated heterocycles. The average Bonchev–Trinajstić information content (AvgIpc) is 2.27. The minimum absolute atomic E-state index is 0.0914. The van der Waals surface area contributed by atoms with Gasteiger partial charge in [0.05, 0.1) is 13.7 Å². The number of nitrogens with two attached hydrogens (primary N) is 1. The molecule has 0 heterocycles. The summed E-state index contributed by atoms with van der Waals surface area (Å²) in [4.78, 5) is 22.2. The molecule has 1 aromatic carbocycles. The third-order valence-electron chi connectivity index (χ3n) is 1.92. The Morgan fingerprint density at radius 2 is 2.00 bits per heavy atom. The highest BCUT2D eigenvalue weighted by atomic mass is 16.6. The van der Waals surface area contributed by atoms with Crippen LogP contribution >= 0.6 is 0 Å². The molecule has 0 saturated carbocycles. The van der Waals surface area contributed by atoms with Crippen molar-refractivity contribution in [3.8, 4) is 11.5 Å². The van der Waals surface area contributed by atoms with Gasteiger partial charge < -0.3 is 15.2 Å². The zero-order valence-corrected chi connectivity index (χ0v) is 9.15. The van der Waals surface area contributed by atoms with Gasteiger partial charge in [-0.1, -0.05) is 0 Å². The third kappa shape index (κ3) is 2.80. The van der Waals surface area contributed by atoms with Crippen LogP contribution in [-0.2, 0) is 4.79 Å². The van der Waals surface area contributed by atoms with Crippen molar-refractivity contribution in [2.75, 3.05) is 13.7 Å². The largest absolute Gasteiger partial charge is 0.493 e. The Labute approximate surface area is 93.1 Å². The minimum Gasteiger partial charge on any atom is -0.493 e. The molecular formula is C11H13NO4. The van der Waals surface area contributed by atoms with Crippen LogP contribution in [0.2, 0.25) is 0 Å². The molecule has 0 fully saturated rings. The number of hydrogen-bond acceptors (Lipinski definition) is 5. The first-order valence-corrected chi connectivity index (χ1v) is 4.68. The van der Waals surface area contributed by atoms with Crippen LogP contribution in [0.25, 0.3) is 0 Å². The summed E-state index contributed by atoms with van der Waals surface area (Å²) in [5, 5.41) is 0. The number of hydrogen-bond donors (Lipinski definition) is 1. The van der Waals surface area contributed by atoms with Crippen molar-refractivity contribution >= 4 is 11.8 Å². The Morgan fingerprint density at radius 1 is 1.31 bits per heavy atom. The predicted molar refractivity (Wildman–Crippen MR) is 57.7 cm³/mol. The van der Waals surface area contributed by atoms with Crippen LogP contribution in [0, 0.1) is 0 Å². The fraction of sp³-hybridized carbons (Fsp3) is 0.273. The fourth-order valence-corrected chi connectivity index (χ4v) is 1.20. The molecular weight excluding hydrogens is 210 g/mol. The van der Waals surface area contributed by atoms with E-state index < -0.39 is 5.97 Å². The number of carbonyl (C=O) groups is 2. The molecule has 86 valence electrons. The first-order chi connectivity index (χ1) is 7.58. The van der Waals surface area contributed by atoms with Gasteiger partial charge in [0.25, 0.3) is 0 Å². The van der Waals surface area contributed by atoms with Gasteiger partial charge in [-0.2, -0.15) is 0 Å². The summed E-state index contributed by atoms with van der Waals surface area (Å²) in [7, 11) is 1.45. The molecule has 0 unspecified atom stereocenters.